The third-order valence-corrected chi connectivity index (χ3v) is 4.43. The molecule has 1 aromatic carbocycles. The molecule has 3 N–H and O–H groups in total. The lowest BCUT2D eigenvalue weighted by molar-refractivity contribution is 0.102. The smallest absolute Gasteiger partial charge is 0.271 e. The first-order chi connectivity index (χ1) is 9.67. The highest BCUT2D eigenvalue weighted by molar-refractivity contribution is 7.22. The van der Waals surface area contributed by atoms with E-state index in [9.17, 15) is 4.79 Å². The highest BCUT2D eigenvalue weighted by Crippen LogP contribution is 2.28. The fourth-order valence-electron chi connectivity index (χ4n) is 1.76. The summed E-state index contributed by atoms with van der Waals surface area (Å²) in [4.78, 5) is 17.0. The molecular formula is C12H11N5OS2. The van der Waals surface area contributed by atoms with Crippen molar-refractivity contribution >= 4 is 49.8 Å². The van der Waals surface area contributed by atoms with Gasteiger partial charge < -0.3 is 5.73 Å². The highest BCUT2D eigenvalue weighted by atomic mass is 32.1. The number of aromatic nitrogens is 3. The summed E-state index contributed by atoms with van der Waals surface area (Å²) in [6.07, 6.45) is 0.676. The van der Waals surface area contributed by atoms with Crippen molar-refractivity contribution in [3.05, 3.63) is 28.8 Å². The minimum atomic E-state index is -0.219. The molecule has 3 aromatic rings. The molecule has 0 atom stereocenters. The van der Waals surface area contributed by atoms with Gasteiger partial charge >= 0.3 is 0 Å². The Morgan fingerprint density at radius 3 is 3.10 bits per heavy atom. The number of fused-ring (bicyclic) bond motifs is 1. The second-order valence-electron chi connectivity index (χ2n) is 4.10. The van der Waals surface area contributed by atoms with Gasteiger partial charge in [0.25, 0.3) is 5.91 Å². The van der Waals surface area contributed by atoms with Gasteiger partial charge in [-0.1, -0.05) is 22.7 Å². The second-order valence-corrected chi connectivity index (χ2v) is 5.89. The van der Waals surface area contributed by atoms with Crippen LogP contribution in [0.1, 0.15) is 22.3 Å². The molecule has 0 bridgehead atoms. The van der Waals surface area contributed by atoms with Crippen molar-refractivity contribution in [3.63, 3.8) is 0 Å². The van der Waals surface area contributed by atoms with Crippen LogP contribution in [0.25, 0.3) is 10.2 Å². The average molecular weight is 305 g/mol. The van der Waals surface area contributed by atoms with E-state index in [2.05, 4.69) is 19.9 Å². The van der Waals surface area contributed by atoms with E-state index in [0.717, 1.165) is 21.7 Å². The Hall–Kier alpha value is -2.06. The molecular weight excluding hydrogens is 294 g/mol. The van der Waals surface area contributed by atoms with Crippen LogP contribution >= 0.6 is 22.9 Å². The van der Waals surface area contributed by atoms with E-state index < -0.39 is 0 Å². The number of nitrogens with zero attached hydrogens (tertiary/aromatic N) is 3. The largest absolute Gasteiger partial charge is 0.399 e. The van der Waals surface area contributed by atoms with Gasteiger partial charge in [-0.25, -0.2) is 4.98 Å². The number of nitrogens with one attached hydrogen (secondary N) is 1. The lowest BCUT2D eigenvalue weighted by Crippen LogP contribution is -2.12. The molecule has 6 nitrogen and oxygen atoms in total. The van der Waals surface area contributed by atoms with Crippen LogP contribution in [0, 0.1) is 0 Å². The first-order valence-corrected chi connectivity index (χ1v) is 7.55. The average Bonchev–Trinajstić information content (AvgIpc) is 3.03. The summed E-state index contributed by atoms with van der Waals surface area (Å²) < 4.78 is 4.75. The van der Waals surface area contributed by atoms with Gasteiger partial charge in [-0.05, 0) is 36.2 Å². The number of carbonyl (C=O) groups is 1. The maximum absolute atomic E-state index is 12.2. The Bertz CT molecular complexity index is 779. The van der Waals surface area contributed by atoms with Gasteiger partial charge in [0.1, 0.15) is 4.88 Å². The standard InChI is InChI=1S/C12H11N5OS2/c1-2-7-10(20-17-16-7)11(18)15-12-14-8-4-3-6(13)5-9(8)19-12/h3-5H,2,13H2,1H3,(H,14,15,18). The third-order valence-electron chi connectivity index (χ3n) is 2.73. The monoisotopic (exact) mass is 305 g/mol. The number of hydrogen-bond acceptors (Lipinski definition) is 7. The Morgan fingerprint density at radius 2 is 2.30 bits per heavy atom. The number of anilines is 2. The fraction of sp³-hybridized carbons (Fsp3) is 0.167. The van der Waals surface area contributed by atoms with Crippen LogP contribution in [-0.2, 0) is 6.42 Å². The molecule has 0 spiro atoms. The molecule has 0 aliphatic rings. The Labute approximate surface area is 122 Å². The van der Waals surface area contributed by atoms with Gasteiger partial charge in [-0.15, -0.1) is 5.10 Å². The number of carbonyl (C=O) groups excluding carboxylic acids is 1. The molecule has 8 heteroatoms. The van der Waals surface area contributed by atoms with Gasteiger partial charge in [-0.3, -0.25) is 10.1 Å². The zero-order valence-corrected chi connectivity index (χ0v) is 12.2. The topological polar surface area (TPSA) is 93.8 Å². The van der Waals surface area contributed by atoms with Gasteiger partial charge in [-0.2, -0.15) is 0 Å². The predicted molar refractivity (Wildman–Crippen MR) is 81.3 cm³/mol. The molecule has 2 aromatic heterocycles. The number of nitrogen functional groups attached to an aromatic ring is 1. The first-order valence-electron chi connectivity index (χ1n) is 5.96. The van der Waals surface area contributed by atoms with Gasteiger partial charge in [0.2, 0.25) is 0 Å². The van der Waals surface area contributed by atoms with E-state index in [0.29, 0.717) is 27.8 Å². The summed E-state index contributed by atoms with van der Waals surface area (Å²) in [5.41, 5.74) is 7.93. The van der Waals surface area contributed by atoms with Crippen molar-refractivity contribution in [1.82, 2.24) is 14.6 Å². The molecule has 0 fully saturated rings. The van der Waals surface area contributed by atoms with Gasteiger partial charge in [0, 0.05) is 5.69 Å². The van der Waals surface area contributed by atoms with Crippen LogP contribution in [-0.4, -0.2) is 20.5 Å². The zero-order valence-electron chi connectivity index (χ0n) is 10.6. The summed E-state index contributed by atoms with van der Waals surface area (Å²) in [7, 11) is 0. The SMILES string of the molecule is CCc1nnsc1C(=O)Nc1nc2ccc(N)cc2s1. The van der Waals surface area contributed by atoms with E-state index in [1.807, 2.05) is 19.1 Å². The Balaban J connectivity index is 1.87. The normalized spacial score (nSPS) is 10.8. The van der Waals surface area contributed by atoms with E-state index in [1.165, 1.54) is 11.3 Å². The molecule has 0 radical (unpaired) electrons. The van der Waals surface area contributed by atoms with Crippen LogP contribution in [0.15, 0.2) is 18.2 Å². The lowest BCUT2D eigenvalue weighted by atomic mass is 10.3. The summed E-state index contributed by atoms with van der Waals surface area (Å²) in [5, 5.41) is 7.26. The number of hydrogen-bond donors (Lipinski definition) is 2. The molecule has 3 rings (SSSR count). The molecule has 0 aliphatic carbocycles. The highest BCUT2D eigenvalue weighted by Gasteiger charge is 2.16. The Morgan fingerprint density at radius 1 is 1.45 bits per heavy atom. The lowest BCUT2D eigenvalue weighted by Gasteiger charge is -1.98. The van der Waals surface area contributed by atoms with E-state index >= 15 is 0 Å². The number of aryl methyl sites for hydroxylation is 1. The van der Waals surface area contributed by atoms with Crippen molar-refractivity contribution in [2.24, 2.45) is 0 Å². The summed E-state index contributed by atoms with van der Waals surface area (Å²) >= 11 is 2.49. The van der Waals surface area contributed by atoms with E-state index in [1.54, 1.807) is 6.07 Å². The minimum Gasteiger partial charge on any atom is -0.399 e. The van der Waals surface area contributed by atoms with Crippen molar-refractivity contribution in [2.45, 2.75) is 13.3 Å². The quantitative estimate of drug-likeness (QED) is 0.725. The summed E-state index contributed by atoms with van der Waals surface area (Å²) in [6.45, 7) is 1.94. The number of nitrogens with two attached hydrogens (primary N) is 1. The third kappa shape index (κ3) is 2.35. The summed E-state index contributed by atoms with van der Waals surface area (Å²) in [5.74, 6) is -0.219. The van der Waals surface area contributed by atoms with Gasteiger partial charge in [0.05, 0.1) is 15.9 Å². The molecule has 0 saturated heterocycles. The van der Waals surface area contributed by atoms with Crippen molar-refractivity contribution in [1.29, 1.82) is 0 Å². The number of rotatable bonds is 3. The first kappa shape index (κ1) is 12.9. The number of thiazole rings is 1. The summed E-state index contributed by atoms with van der Waals surface area (Å²) in [6, 6.07) is 5.47. The number of benzene rings is 1. The molecule has 0 unspecified atom stereocenters. The minimum absolute atomic E-state index is 0.219. The molecule has 0 saturated carbocycles. The van der Waals surface area contributed by atoms with Crippen molar-refractivity contribution in [2.75, 3.05) is 11.1 Å². The molecule has 102 valence electrons. The maximum atomic E-state index is 12.2. The van der Waals surface area contributed by atoms with E-state index in [-0.39, 0.29) is 5.91 Å². The predicted octanol–water partition coefficient (Wildman–Crippen LogP) is 2.54. The van der Waals surface area contributed by atoms with Crippen LogP contribution in [0.5, 0.6) is 0 Å². The van der Waals surface area contributed by atoms with Crippen LogP contribution in [0.3, 0.4) is 0 Å². The van der Waals surface area contributed by atoms with Crippen LogP contribution in [0.2, 0.25) is 0 Å². The van der Waals surface area contributed by atoms with Crippen LogP contribution in [0.4, 0.5) is 10.8 Å². The van der Waals surface area contributed by atoms with Crippen molar-refractivity contribution in [3.8, 4) is 0 Å². The zero-order chi connectivity index (χ0) is 14.1. The number of amides is 1. The maximum Gasteiger partial charge on any atom is 0.271 e. The fourth-order valence-corrected chi connectivity index (χ4v) is 3.32. The van der Waals surface area contributed by atoms with Crippen molar-refractivity contribution < 1.29 is 4.79 Å². The second kappa shape index (κ2) is 5.14. The molecule has 20 heavy (non-hydrogen) atoms. The van der Waals surface area contributed by atoms with Gasteiger partial charge in [0.15, 0.2) is 5.13 Å². The molecule has 0 aliphatic heterocycles. The van der Waals surface area contributed by atoms with Crippen LogP contribution < -0.4 is 11.1 Å². The Kier molecular flexibility index (Phi) is 3.33. The van der Waals surface area contributed by atoms with E-state index in [4.69, 9.17) is 5.73 Å². The molecule has 2 heterocycles. The molecule has 1 amide bonds.